The van der Waals surface area contributed by atoms with Gasteiger partial charge in [0.05, 0.1) is 10.2 Å². The Hall–Kier alpha value is -6.10. The van der Waals surface area contributed by atoms with Gasteiger partial charge >= 0.3 is 0 Å². The Morgan fingerprint density at radius 3 is 2.04 bits per heavy atom. The highest BCUT2D eigenvalue weighted by atomic mass is 32.1. The van der Waals surface area contributed by atoms with E-state index >= 15 is 0 Å². The SMILES string of the molecule is B1c2c(cc3ccccc3c2-c2cc3ccccc3cc2Nc2ccc(-c3ccccc3)cc2)-n2c3c1cccc3c1sc3ccccc3c12. The predicted molar refractivity (Wildman–Crippen MR) is 218 cm³/mol. The Morgan fingerprint density at radius 2 is 1.20 bits per heavy atom. The van der Waals surface area contributed by atoms with Crippen LogP contribution in [0.15, 0.2) is 164 Å². The molecule has 10 aromatic rings. The van der Waals surface area contributed by atoms with Crippen LogP contribution < -0.4 is 16.2 Å². The fourth-order valence-electron chi connectivity index (χ4n) is 8.31. The molecular weight excluding hydrogens is 623 g/mol. The molecule has 4 heteroatoms. The number of rotatable bonds is 4. The highest BCUT2D eigenvalue weighted by Crippen LogP contribution is 2.45. The number of anilines is 2. The van der Waals surface area contributed by atoms with E-state index in [1.807, 2.05) is 11.3 Å². The summed E-state index contributed by atoms with van der Waals surface area (Å²) in [6.07, 6.45) is 0. The molecule has 2 aromatic heterocycles. The van der Waals surface area contributed by atoms with Gasteiger partial charge < -0.3 is 9.88 Å². The van der Waals surface area contributed by atoms with Gasteiger partial charge in [0, 0.05) is 43.6 Å². The van der Waals surface area contributed by atoms with Crippen LogP contribution >= 0.6 is 11.3 Å². The Balaban J connectivity index is 1.19. The lowest BCUT2D eigenvalue weighted by Crippen LogP contribution is -2.37. The third kappa shape index (κ3) is 4.09. The maximum atomic E-state index is 3.89. The molecule has 0 amide bonds. The number of aromatic nitrogens is 1. The van der Waals surface area contributed by atoms with Crippen molar-refractivity contribution in [1.82, 2.24) is 4.57 Å². The average molecular weight is 653 g/mol. The highest BCUT2D eigenvalue weighted by Gasteiger charge is 2.29. The molecule has 0 unspecified atom stereocenters. The minimum atomic E-state index is 0.875. The second-order valence-corrected chi connectivity index (χ2v) is 14.4. The molecule has 2 nitrogen and oxygen atoms in total. The van der Waals surface area contributed by atoms with Gasteiger partial charge in [-0.1, -0.05) is 133 Å². The quantitative estimate of drug-likeness (QED) is 0.187. The molecule has 0 radical (unpaired) electrons. The molecule has 3 heterocycles. The molecule has 232 valence electrons. The molecule has 1 aliphatic rings. The molecular formula is C46H29BN2S. The minimum absolute atomic E-state index is 0.875. The molecule has 0 spiro atoms. The summed E-state index contributed by atoms with van der Waals surface area (Å²) in [6, 6.07) is 60.0. The number of hydrogen-bond donors (Lipinski definition) is 1. The first kappa shape index (κ1) is 27.8. The van der Waals surface area contributed by atoms with Crippen molar-refractivity contribution in [3.8, 4) is 27.9 Å². The van der Waals surface area contributed by atoms with Gasteiger partial charge in [0.2, 0.25) is 0 Å². The zero-order chi connectivity index (χ0) is 32.8. The highest BCUT2D eigenvalue weighted by molar-refractivity contribution is 7.26. The predicted octanol–water partition coefficient (Wildman–Crippen LogP) is 11.1. The van der Waals surface area contributed by atoms with E-state index in [-0.39, 0.29) is 0 Å². The topological polar surface area (TPSA) is 17.0 Å². The smallest absolute Gasteiger partial charge is 0.198 e. The number of nitrogens with zero attached hydrogens (tertiary/aromatic N) is 1. The van der Waals surface area contributed by atoms with E-state index < -0.39 is 0 Å². The molecule has 0 bridgehead atoms. The first-order valence-electron chi connectivity index (χ1n) is 17.2. The van der Waals surface area contributed by atoms with Crippen LogP contribution in [0.2, 0.25) is 0 Å². The summed E-state index contributed by atoms with van der Waals surface area (Å²) in [6.45, 7) is 0. The maximum Gasteiger partial charge on any atom is 0.198 e. The van der Waals surface area contributed by atoms with Crippen molar-refractivity contribution in [1.29, 1.82) is 0 Å². The van der Waals surface area contributed by atoms with Crippen molar-refractivity contribution in [2.45, 2.75) is 0 Å². The van der Waals surface area contributed by atoms with E-state index in [0.717, 1.165) is 18.7 Å². The van der Waals surface area contributed by atoms with Gasteiger partial charge in [-0.15, -0.1) is 11.3 Å². The lowest BCUT2D eigenvalue weighted by atomic mass is 9.58. The van der Waals surface area contributed by atoms with E-state index in [0.29, 0.717) is 0 Å². The van der Waals surface area contributed by atoms with Crippen LogP contribution in [-0.2, 0) is 0 Å². The Morgan fingerprint density at radius 1 is 0.520 bits per heavy atom. The molecule has 1 aliphatic heterocycles. The standard InChI is InChI=1S/C46H29BN2S/c1-2-11-28(12-3-1)29-21-23-33(24-22-29)48-39-26-31-14-5-4-13-30(31)25-37(39)42-34-16-7-6-15-32(34)27-40-43(42)47-38-19-10-18-36-44(38)49(40)45-35-17-8-9-20-41(35)50-46(36)45/h1-27,47-48H. The largest absolute Gasteiger partial charge is 0.355 e. The number of benzene rings is 8. The normalized spacial score (nSPS) is 12.2. The fourth-order valence-corrected chi connectivity index (χ4v) is 9.52. The molecule has 0 atom stereocenters. The van der Waals surface area contributed by atoms with Crippen molar-refractivity contribution in [2.24, 2.45) is 0 Å². The first-order valence-corrected chi connectivity index (χ1v) is 18.0. The van der Waals surface area contributed by atoms with Crippen molar-refractivity contribution >= 4 is 93.7 Å². The lowest BCUT2D eigenvalue weighted by molar-refractivity contribution is 1.20. The Bertz CT molecular complexity index is 2970. The zero-order valence-corrected chi connectivity index (χ0v) is 28.0. The summed E-state index contributed by atoms with van der Waals surface area (Å²) in [5.41, 5.74) is 13.8. The average Bonchev–Trinajstić information content (AvgIpc) is 3.71. The Labute approximate surface area is 294 Å². The summed E-state index contributed by atoms with van der Waals surface area (Å²) in [5.74, 6) is 0. The van der Waals surface area contributed by atoms with Crippen molar-refractivity contribution < 1.29 is 0 Å². The number of hydrogen-bond acceptors (Lipinski definition) is 2. The van der Waals surface area contributed by atoms with Gasteiger partial charge in [0.15, 0.2) is 7.28 Å². The molecule has 11 rings (SSSR count). The third-order valence-electron chi connectivity index (χ3n) is 10.5. The Kier molecular flexibility index (Phi) is 5.95. The zero-order valence-electron chi connectivity index (χ0n) is 27.2. The molecule has 0 saturated heterocycles. The summed E-state index contributed by atoms with van der Waals surface area (Å²) < 4.78 is 5.29. The van der Waals surface area contributed by atoms with Crippen LogP contribution in [0.3, 0.4) is 0 Å². The second kappa shape index (κ2) is 10.7. The third-order valence-corrected chi connectivity index (χ3v) is 11.7. The van der Waals surface area contributed by atoms with Crippen molar-refractivity contribution in [2.75, 3.05) is 5.32 Å². The van der Waals surface area contributed by atoms with E-state index in [9.17, 15) is 0 Å². The molecule has 0 aliphatic carbocycles. The number of thiophene rings is 1. The molecule has 1 N–H and O–H groups in total. The monoisotopic (exact) mass is 652 g/mol. The lowest BCUT2D eigenvalue weighted by Gasteiger charge is -2.26. The summed E-state index contributed by atoms with van der Waals surface area (Å²) in [5, 5.41) is 11.6. The fraction of sp³-hybridized carbons (Fsp3) is 0. The van der Waals surface area contributed by atoms with Crippen LogP contribution in [0, 0.1) is 0 Å². The van der Waals surface area contributed by atoms with Crippen LogP contribution in [-0.4, -0.2) is 11.8 Å². The van der Waals surface area contributed by atoms with Crippen molar-refractivity contribution in [3.63, 3.8) is 0 Å². The summed E-state index contributed by atoms with van der Waals surface area (Å²) in [4.78, 5) is 0. The van der Waals surface area contributed by atoms with E-state index in [1.165, 1.54) is 91.6 Å². The minimum Gasteiger partial charge on any atom is -0.355 e. The van der Waals surface area contributed by atoms with Gasteiger partial charge in [0.1, 0.15) is 0 Å². The molecule has 0 saturated carbocycles. The maximum absolute atomic E-state index is 3.89. The van der Waals surface area contributed by atoms with E-state index in [4.69, 9.17) is 0 Å². The molecule has 8 aromatic carbocycles. The van der Waals surface area contributed by atoms with Gasteiger partial charge in [-0.3, -0.25) is 0 Å². The number of para-hydroxylation sites is 1. The van der Waals surface area contributed by atoms with Gasteiger partial charge in [-0.05, 0) is 80.1 Å². The van der Waals surface area contributed by atoms with E-state index in [2.05, 4.69) is 174 Å². The van der Waals surface area contributed by atoms with Gasteiger partial charge in [0.25, 0.3) is 0 Å². The van der Waals surface area contributed by atoms with Crippen molar-refractivity contribution in [3.05, 3.63) is 164 Å². The van der Waals surface area contributed by atoms with Gasteiger partial charge in [-0.25, -0.2) is 0 Å². The number of fused-ring (bicyclic) bond motifs is 9. The molecule has 0 fully saturated rings. The van der Waals surface area contributed by atoms with Gasteiger partial charge in [-0.2, -0.15) is 0 Å². The molecule has 50 heavy (non-hydrogen) atoms. The summed E-state index contributed by atoms with van der Waals surface area (Å²) in [7, 11) is 0.875. The van der Waals surface area contributed by atoms with Crippen LogP contribution in [0.25, 0.3) is 80.7 Å². The van der Waals surface area contributed by atoms with Crippen LogP contribution in [0.4, 0.5) is 11.4 Å². The van der Waals surface area contributed by atoms with Crippen LogP contribution in [0.5, 0.6) is 0 Å². The van der Waals surface area contributed by atoms with Crippen LogP contribution in [0.1, 0.15) is 0 Å². The first-order chi connectivity index (χ1) is 24.8. The summed E-state index contributed by atoms with van der Waals surface area (Å²) >= 11 is 1.92. The number of nitrogens with one attached hydrogen (secondary N) is 1. The second-order valence-electron chi connectivity index (χ2n) is 13.4. The van der Waals surface area contributed by atoms with E-state index in [1.54, 1.807) is 0 Å².